The molecule has 0 aromatic carbocycles. The summed E-state index contributed by atoms with van der Waals surface area (Å²) in [5, 5.41) is 20.2. The molecule has 0 unspecified atom stereocenters. The predicted molar refractivity (Wildman–Crippen MR) is 55.9 cm³/mol. The summed E-state index contributed by atoms with van der Waals surface area (Å²) in [6.07, 6.45) is 11.0. The first-order chi connectivity index (χ1) is 6.72. The van der Waals surface area contributed by atoms with Crippen LogP contribution in [-0.4, -0.2) is 22.4 Å². The molecule has 0 aromatic rings. The van der Waals surface area contributed by atoms with E-state index in [2.05, 4.69) is 12.2 Å². The highest BCUT2D eigenvalue weighted by Crippen LogP contribution is 2.50. The molecule has 2 nitrogen and oxygen atoms in total. The van der Waals surface area contributed by atoms with Crippen LogP contribution < -0.4 is 0 Å². The quantitative estimate of drug-likeness (QED) is 0.630. The van der Waals surface area contributed by atoms with Crippen LogP contribution in [0.5, 0.6) is 0 Å². The van der Waals surface area contributed by atoms with Gasteiger partial charge in [-0.3, -0.25) is 0 Å². The molecule has 2 aliphatic carbocycles. The number of aliphatic hydroxyl groups excluding tert-OH is 1. The molecule has 0 heterocycles. The summed E-state index contributed by atoms with van der Waals surface area (Å²) in [5.41, 5.74) is -0.845. The van der Waals surface area contributed by atoms with Gasteiger partial charge in [-0.25, -0.2) is 0 Å². The van der Waals surface area contributed by atoms with Crippen molar-refractivity contribution in [3.8, 4) is 0 Å². The zero-order chi connectivity index (χ0) is 10.1. The minimum absolute atomic E-state index is 0.144. The van der Waals surface area contributed by atoms with E-state index in [1.165, 1.54) is 0 Å². The highest BCUT2D eigenvalue weighted by Gasteiger charge is 2.50. The van der Waals surface area contributed by atoms with E-state index in [4.69, 9.17) is 0 Å². The summed E-state index contributed by atoms with van der Waals surface area (Å²) in [6, 6.07) is 0. The maximum absolute atomic E-state index is 10.6. The second-order valence-corrected chi connectivity index (χ2v) is 4.89. The molecular formula is C12H20O2. The van der Waals surface area contributed by atoms with Gasteiger partial charge in [0.2, 0.25) is 0 Å². The normalized spacial score (nSPS) is 43.0. The van der Waals surface area contributed by atoms with Gasteiger partial charge in [0.1, 0.15) is 0 Å². The molecule has 1 saturated carbocycles. The highest BCUT2D eigenvalue weighted by atomic mass is 16.3. The first-order valence-corrected chi connectivity index (χ1v) is 5.71. The SMILES string of the molecule is OC[C@]12CCC=CC[C@@]1(O)CCCC2. The predicted octanol–water partition coefficient (Wildman–Crippen LogP) is 2.01. The maximum atomic E-state index is 10.6. The van der Waals surface area contributed by atoms with Crippen molar-refractivity contribution in [3.63, 3.8) is 0 Å². The third-order valence-electron chi connectivity index (χ3n) is 4.20. The Bertz CT molecular complexity index is 236. The smallest absolute Gasteiger partial charge is 0.0759 e. The lowest BCUT2D eigenvalue weighted by Crippen LogP contribution is -2.52. The fourth-order valence-electron chi connectivity index (χ4n) is 3.12. The molecule has 0 saturated heterocycles. The highest BCUT2D eigenvalue weighted by molar-refractivity contribution is 5.08. The number of hydrogen-bond donors (Lipinski definition) is 2. The first kappa shape index (κ1) is 10.2. The Hall–Kier alpha value is -0.340. The van der Waals surface area contributed by atoms with Crippen molar-refractivity contribution in [2.45, 2.75) is 50.5 Å². The van der Waals surface area contributed by atoms with E-state index >= 15 is 0 Å². The second-order valence-electron chi connectivity index (χ2n) is 4.89. The van der Waals surface area contributed by atoms with Crippen LogP contribution in [0.1, 0.15) is 44.9 Å². The molecule has 0 amide bonds. The molecule has 1 fully saturated rings. The zero-order valence-electron chi connectivity index (χ0n) is 8.71. The van der Waals surface area contributed by atoms with Crippen molar-refractivity contribution in [3.05, 3.63) is 12.2 Å². The van der Waals surface area contributed by atoms with Gasteiger partial charge in [-0.05, 0) is 32.1 Å². The van der Waals surface area contributed by atoms with Gasteiger partial charge in [-0.15, -0.1) is 0 Å². The van der Waals surface area contributed by atoms with Crippen molar-refractivity contribution in [1.82, 2.24) is 0 Å². The van der Waals surface area contributed by atoms with Crippen LogP contribution in [0.15, 0.2) is 12.2 Å². The largest absolute Gasteiger partial charge is 0.396 e. The van der Waals surface area contributed by atoms with E-state index in [1.807, 2.05) is 0 Å². The number of rotatable bonds is 1. The van der Waals surface area contributed by atoms with Gasteiger partial charge in [-0.2, -0.15) is 0 Å². The van der Waals surface area contributed by atoms with Crippen LogP contribution in [0.4, 0.5) is 0 Å². The van der Waals surface area contributed by atoms with E-state index in [0.29, 0.717) is 0 Å². The molecule has 2 rings (SSSR count). The van der Waals surface area contributed by atoms with E-state index < -0.39 is 5.60 Å². The molecule has 0 aromatic heterocycles. The molecule has 2 heteroatoms. The van der Waals surface area contributed by atoms with Crippen molar-refractivity contribution in [1.29, 1.82) is 0 Å². The maximum Gasteiger partial charge on any atom is 0.0759 e. The minimum Gasteiger partial charge on any atom is -0.396 e. The molecule has 0 spiro atoms. The lowest BCUT2D eigenvalue weighted by Gasteiger charge is -2.49. The number of aliphatic hydroxyl groups is 2. The summed E-state index contributed by atoms with van der Waals surface area (Å²) in [4.78, 5) is 0. The minimum atomic E-state index is -0.632. The molecular weight excluding hydrogens is 176 g/mol. The van der Waals surface area contributed by atoms with Gasteiger partial charge in [-0.1, -0.05) is 25.0 Å². The van der Waals surface area contributed by atoms with Gasteiger partial charge in [0.25, 0.3) is 0 Å². The van der Waals surface area contributed by atoms with Gasteiger partial charge in [0, 0.05) is 5.41 Å². The number of allylic oxidation sites excluding steroid dienone is 1. The molecule has 14 heavy (non-hydrogen) atoms. The second kappa shape index (κ2) is 3.67. The van der Waals surface area contributed by atoms with Gasteiger partial charge in [0.15, 0.2) is 0 Å². The topological polar surface area (TPSA) is 40.5 Å². The monoisotopic (exact) mass is 196 g/mol. The summed E-state index contributed by atoms with van der Waals surface area (Å²) in [5.74, 6) is 0. The Kier molecular flexibility index (Phi) is 2.67. The van der Waals surface area contributed by atoms with Crippen LogP contribution in [-0.2, 0) is 0 Å². The van der Waals surface area contributed by atoms with Gasteiger partial charge < -0.3 is 10.2 Å². The lowest BCUT2D eigenvalue weighted by atomic mass is 9.61. The Morgan fingerprint density at radius 2 is 1.86 bits per heavy atom. The van der Waals surface area contributed by atoms with Gasteiger partial charge >= 0.3 is 0 Å². The molecule has 80 valence electrons. The number of fused-ring (bicyclic) bond motifs is 1. The Labute approximate surface area is 85.6 Å². The Morgan fingerprint density at radius 1 is 1.07 bits per heavy atom. The van der Waals surface area contributed by atoms with Crippen molar-refractivity contribution < 1.29 is 10.2 Å². The fourth-order valence-corrected chi connectivity index (χ4v) is 3.12. The average molecular weight is 196 g/mol. The van der Waals surface area contributed by atoms with E-state index in [1.54, 1.807) is 0 Å². The summed E-state index contributed by atoms with van der Waals surface area (Å²) in [6.45, 7) is 0.144. The summed E-state index contributed by atoms with van der Waals surface area (Å²) >= 11 is 0. The van der Waals surface area contributed by atoms with Gasteiger partial charge in [0.05, 0.1) is 12.2 Å². The zero-order valence-corrected chi connectivity index (χ0v) is 8.71. The third-order valence-corrected chi connectivity index (χ3v) is 4.20. The molecule has 0 bridgehead atoms. The van der Waals surface area contributed by atoms with E-state index in [9.17, 15) is 10.2 Å². The van der Waals surface area contributed by atoms with E-state index in [0.717, 1.165) is 44.9 Å². The fraction of sp³-hybridized carbons (Fsp3) is 0.833. The standard InChI is InChI=1S/C12H20O2/c13-10-11-6-2-1-3-8-12(11,14)9-5-4-7-11/h1,3,13-14H,2,4-10H2/t11-,12-/m1/s1. The third kappa shape index (κ3) is 1.41. The molecule has 2 N–H and O–H groups in total. The van der Waals surface area contributed by atoms with Crippen LogP contribution in [0, 0.1) is 5.41 Å². The molecule has 0 radical (unpaired) electrons. The lowest BCUT2D eigenvalue weighted by molar-refractivity contribution is -0.136. The molecule has 0 aliphatic heterocycles. The Morgan fingerprint density at radius 3 is 2.64 bits per heavy atom. The molecule has 2 aliphatic rings. The van der Waals surface area contributed by atoms with Crippen molar-refractivity contribution >= 4 is 0 Å². The van der Waals surface area contributed by atoms with Crippen molar-refractivity contribution in [2.75, 3.05) is 6.61 Å². The van der Waals surface area contributed by atoms with Crippen molar-refractivity contribution in [2.24, 2.45) is 5.41 Å². The average Bonchev–Trinajstić information content (AvgIpc) is 2.37. The summed E-state index contributed by atoms with van der Waals surface area (Å²) in [7, 11) is 0. The first-order valence-electron chi connectivity index (χ1n) is 5.71. The Balaban J connectivity index is 2.28. The van der Waals surface area contributed by atoms with Crippen LogP contribution in [0.25, 0.3) is 0 Å². The van der Waals surface area contributed by atoms with Crippen LogP contribution in [0.3, 0.4) is 0 Å². The van der Waals surface area contributed by atoms with E-state index in [-0.39, 0.29) is 12.0 Å². The molecule has 2 atom stereocenters. The summed E-state index contributed by atoms with van der Waals surface area (Å²) < 4.78 is 0. The van der Waals surface area contributed by atoms with Crippen LogP contribution in [0.2, 0.25) is 0 Å². The number of hydrogen-bond acceptors (Lipinski definition) is 2. The van der Waals surface area contributed by atoms with Crippen LogP contribution >= 0.6 is 0 Å².